The molecule has 1 atom stereocenters. The summed E-state index contributed by atoms with van der Waals surface area (Å²) in [4.78, 5) is 19.4. The highest BCUT2D eigenvalue weighted by atomic mass is 32.1. The molecule has 0 spiro atoms. The van der Waals surface area contributed by atoms with E-state index in [2.05, 4.69) is 4.98 Å². The van der Waals surface area contributed by atoms with Gasteiger partial charge in [-0.15, -0.1) is 11.3 Å². The van der Waals surface area contributed by atoms with Crippen LogP contribution in [0.3, 0.4) is 0 Å². The van der Waals surface area contributed by atoms with Crippen LogP contribution in [-0.2, 0) is 0 Å². The number of likely N-dealkylation sites (N-methyl/N-ethyl adjacent to an activating group) is 1. The van der Waals surface area contributed by atoms with Crippen LogP contribution in [-0.4, -0.2) is 40.6 Å². The maximum Gasteiger partial charge on any atom is 0.265 e. The number of aromatic nitrogens is 1. The molecule has 3 N–H and O–H groups in total. The molecule has 0 aliphatic heterocycles. The maximum absolute atomic E-state index is 12.3. The Hall–Kier alpha value is -1.66. The van der Waals surface area contributed by atoms with Gasteiger partial charge in [-0.1, -0.05) is 0 Å². The Labute approximate surface area is 115 Å². The smallest absolute Gasteiger partial charge is 0.265 e. The molecule has 2 heterocycles. The zero-order valence-corrected chi connectivity index (χ0v) is 12.0. The van der Waals surface area contributed by atoms with Gasteiger partial charge < -0.3 is 15.7 Å². The van der Waals surface area contributed by atoms with Crippen molar-refractivity contribution in [2.75, 3.05) is 19.3 Å². The fourth-order valence-corrected chi connectivity index (χ4v) is 3.04. The standard InChI is InChI=1S/C13H17N3O2S/c1-7-4-5-9-10(14)11(19-12(9)15-7)13(18)16(3)6-8(2)17/h4-5,8,17H,6,14H2,1-3H3. The minimum absolute atomic E-state index is 0.181. The molecule has 0 saturated carbocycles. The van der Waals surface area contributed by atoms with Crippen molar-refractivity contribution in [3.63, 3.8) is 0 Å². The SMILES string of the molecule is Cc1ccc2c(N)c(C(=O)N(C)CC(C)O)sc2n1. The van der Waals surface area contributed by atoms with Crippen molar-refractivity contribution in [1.82, 2.24) is 9.88 Å². The first-order valence-electron chi connectivity index (χ1n) is 5.99. The fourth-order valence-electron chi connectivity index (χ4n) is 1.90. The Bertz CT molecular complexity index is 622. The van der Waals surface area contributed by atoms with E-state index >= 15 is 0 Å². The number of aliphatic hydroxyl groups excluding tert-OH is 1. The van der Waals surface area contributed by atoms with Crippen LogP contribution in [0.15, 0.2) is 12.1 Å². The summed E-state index contributed by atoms with van der Waals surface area (Å²) in [5.74, 6) is -0.181. The molecule has 102 valence electrons. The molecule has 0 radical (unpaired) electrons. The molecule has 19 heavy (non-hydrogen) atoms. The van der Waals surface area contributed by atoms with Crippen LogP contribution in [0.2, 0.25) is 0 Å². The maximum atomic E-state index is 12.3. The number of carbonyl (C=O) groups excluding carboxylic acids is 1. The van der Waals surface area contributed by atoms with Crippen molar-refractivity contribution in [3.05, 3.63) is 22.7 Å². The van der Waals surface area contributed by atoms with Crippen LogP contribution in [0, 0.1) is 6.92 Å². The van der Waals surface area contributed by atoms with Crippen molar-refractivity contribution in [2.24, 2.45) is 0 Å². The average molecular weight is 279 g/mol. The number of hydrogen-bond acceptors (Lipinski definition) is 5. The molecule has 6 heteroatoms. The Morgan fingerprint density at radius 3 is 2.89 bits per heavy atom. The van der Waals surface area contributed by atoms with E-state index in [1.807, 2.05) is 19.1 Å². The lowest BCUT2D eigenvalue weighted by molar-refractivity contribution is 0.0709. The largest absolute Gasteiger partial charge is 0.397 e. The first-order chi connectivity index (χ1) is 8.90. The van der Waals surface area contributed by atoms with Crippen molar-refractivity contribution in [1.29, 1.82) is 0 Å². The second-order valence-electron chi connectivity index (χ2n) is 4.68. The summed E-state index contributed by atoms with van der Waals surface area (Å²) < 4.78 is 0. The van der Waals surface area contributed by atoms with E-state index in [1.54, 1.807) is 14.0 Å². The van der Waals surface area contributed by atoms with Crippen molar-refractivity contribution >= 4 is 33.1 Å². The zero-order valence-electron chi connectivity index (χ0n) is 11.2. The predicted molar refractivity (Wildman–Crippen MR) is 77.4 cm³/mol. The third kappa shape index (κ3) is 2.69. The van der Waals surface area contributed by atoms with Crippen molar-refractivity contribution < 1.29 is 9.90 Å². The number of fused-ring (bicyclic) bond motifs is 1. The highest BCUT2D eigenvalue weighted by Gasteiger charge is 2.21. The number of anilines is 1. The molecule has 0 saturated heterocycles. The summed E-state index contributed by atoms with van der Waals surface area (Å²) in [5, 5.41) is 10.1. The van der Waals surface area contributed by atoms with Gasteiger partial charge in [-0.05, 0) is 26.0 Å². The number of aryl methyl sites for hydroxylation is 1. The van der Waals surface area contributed by atoms with E-state index in [4.69, 9.17) is 5.73 Å². The molecule has 2 rings (SSSR count). The number of hydrogen-bond donors (Lipinski definition) is 2. The van der Waals surface area contributed by atoms with Gasteiger partial charge in [-0.25, -0.2) is 4.98 Å². The molecule has 1 unspecified atom stereocenters. The van der Waals surface area contributed by atoms with E-state index < -0.39 is 6.10 Å². The number of nitrogens with zero attached hydrogens (tertiary/aromatic N) is 2. The van der Waals surface area contributed by atoms with Gasteiger partial charge in [0.1, 0.15) is 9.71 Å². The summed E-state index contributed by atoms with van der Waals surface area (Å²) in [6, 6.07) is 3.76. The number of thiophene rings is 1. The number of pyridine rings is 1. The summed E-state index contributed by atoms with van der Waals surface area (Å²) in [7, 11) is 1.65. The van der Waals surface area contributed by atoms with Gasteiger partial charge >= 0.3 is 0 Å². The van der Waals surface area contributed by atoms with Crippen LogP contribution in [0.5, 0.6) is 0 Å². The lowest BCUT2D eigenvalue weighted by atomic mass is 10.2. The van der Waals surface area contributed by atoms with Gasteiger partial charge in [-0.2, -0.15) is 0 Å². The number of nitrogens with two attached hydrogens (primary N) is 1. The second-order valence-corrected chi connectivity index (χ2v) is 5.68. The first-order valence-corrected chi connectivity index (χ1v) is 6.81. The molecule has 0 aliphatic rings. The van der Waals surface area contributed by atoms with Gasteiger partial charge in [0.2, 0.25) is 0 Å². The van der Waals surface area contributed by atoms with Gasteiger partial charge in [0.25, 0.3) is 5.91 Å². The van der Waals surface area contributed by atoms with Crippen LogP contribution < -0.4 is 5.73 Å². The lowest BCUT2D eigenvalue weighted by Gasteiger charge is -2.18. The van der Waals surface area contributed by atoms with E-state index in [1.165, 1.54) is 16.2 Å². The van der Waals surface area contributed by atoms with Crippen molar-refractivity contribution in [3.8, 4) is 0 Å². The molecular weight excluding hydrogens is 262 g/mol. The van der Waals surface area contributed by atoms with E-state index in [-0.39, 0.29) is 12.5 Å². The van der Waals surface area contributed by atoms with Crippen molar-refractivity contribution in [2.45, 2.75) is 20.0 Å². The number of amides is 1. The average Bonchev–Trinajstić information content (AvgIpc) is 2.64. The Morgan fingerprint density at radius 2 is 2.26 bits per heavy atom. The second kappa shape index (κ2) is 5.14. The van der Waals surface area contributed by atoms with E-state index in [9.17, 15) is 9.90 Å². The number of aliphatic hydroxyl groups is 1. The summed E-state index contributed by atoms with van der Waals surface area (Å²) in [6.45, 7) is 3.82. The summed E-state index contributed by atoms with van der Waals surface area (Å²) in [5.41, 5.74) is 7.38. The highest BCUT2D eigenvalue weighted by Crippen LogP contribution is 2.33. The molecule has 2 aromatic heterocycles. The zero-order chi connectivity index (χ0) is 14.2. The Kier molecular flexibility index (Phi) is 3.73. The molecule has 5 nitrogen and oxygen atoms in total. The number of carbonyl (C=O) groups is 1. The van der Waals surface area contributed by atoms with E-state index in [0.29, 0.717) is 10.6 Å². The topological polar surface area (TPSA) is 79.5 Å². The normalized spacial score (nSPS) is 12.6. The molecule has 0 bridgehead atoms. The molecule has 2 aromatic rings. The predicted octanol–water partition coefficient (Wildman–Crippen LogP) is 1.64. The summed E-state index contributed by atoms with van der Waals surface area (Å²) in [6.07, 6.45) is -0.565. The summed E-state index contributed by atoms with van der Waals surface area (Å²) >= 11 is 1.29. The molecule has 0 fully saturated rings. The van der Waals surface area contributed by atoms with Crippen LogP contribution in [0.4, 0.5) is 5.69 Å². The number of rotatable bonds is 3. The third-order valence-corrected chi connectivity index (χ3v) is 3.92. The van der Waals surface area contributed by atoms with Gasteiger partial charge in [0.15, 0.2) is 0 Å². The van der Waals surface area contributed by atoms with Crippen LogP contribution in [0.1, 0.15) is 22.3 Å². The van der Waals surface area contributed by atoms with Gasteiger partial charge in [0, 0.05) is 24.7 Å². The molecule has 0 aromatic carbocycles. The Balaban J connectivity index is 2.40. The molecule has 0 aliphatic carbocycles. The molecule has 1 amide bonds. The van der Waals surface area contributed by atoms with Crippen LogP contribution >= 0.6 is 11.3 Å². The highest BCUT2D eigenvalue weighted by molar-refractivity contribution is 7.21. The minimum atomic E-state index is -0.565. The minimum Gasteiger partial charge on any atom is -0.397 e. The van der Waals surface area contributed by atoms with Gasteiger partial charge in [0.05, 0.1) is 11.8 Å². The van der Waals surface area contributed by atoms with Crippen LogP contribution in [0.25, 0.3) is 10.2 Å². The fraction of sp³-hybridized carbons (Fsp3) is 0.385. The lowest BCUT2D eigenvalue weighted by Crippen LogP contribution is -2.32. The van der Waals surface area contributed by atoms with Gasteiger partial charge in [-0.3, -0.25) is 4.79 Å². The van der Waals surface area contributed by atoms with E-state index in [0.717, 1.165) is 15.9 Å². The number of nitrogen functional groups attached to an aromatic ring is 1. The molecular formula is C13H17N3O2S. The third-order valence-electron chi connectivity index (χ3n) is 2.81. The quantitative estimate of drug-likeness (QED) is 0.895. The monoisotopic (exact) mass is 279 g/mol. The Morgan fingerprint density at radius 1 is 1.58 bits per heavy atom. The first kappa shape index (κ1) is 13.8.